The van der Waals surface area contributed by atoms with Crippen molar-refractivity contribution in [3.63, 3.8) is 0 Å². The Morgan fingerprint density at radius 1 is 1.41 bits per heavy atom. The van der Waals surface area contributed by atoms with Crippen molar-refractivity contribution in [3.05, 3.63) is 29.8 Å². The van der Waals surface area contributed by atoms with Crippen molar-refractivity contribution in [1.29, 1.82) is 0 Å². The minimum absolute atomic E-state index is 0.0197. The van der Waals surface area contributed by atoms with Gasteiger partial charge in [0.15, 0.2) is 0 Å². The number of nitrogens with zero attached hydrogens (tertiary/aromatic N) is 1. The molecule has 0 saturated carbocycles. The number of aromatic nitrogens is 1. The third-order valence-corrected chi connectivity index (χ3v) is 5.99. The quantitative estimate of drug-likeness (QED) is 0.827. The van der Waals surface area contributed by atoms with E-state index in [0.717, 1.165) is 19.0 Å². The number of rotatable bonds is 1. The summed E-state index contributed by atoms with van der Waals surface area (Å²) in [6, 6.07) is 1.53. The van der Waals surface area contributed by atoms with E-state index < -0.39 is 22.2 Å². The lowest BCUT2D eigenvalue weighted by Crippen LogP contribution is -2.40. The molecule has 5 heteroatoms. The van der Waals surface area contributed by atoms with E-state index in [-0.39, 0.29) is 10.5 Å². The van der Waals surface area contributed by atoms with Crippen LogP contribution in [0.1, 0.15) is 31.2 Å². The third-order valence-electron chi connectivity index (χ3n) is 3.87. The van der Waals surface area contributed by atoms with Gasteiger partial charge in [-0.1, -0.05) is 0 Å². The molecule has 2 aliphatic heterocycles. The van der Waals surface area contributed by atoms with Crippen LogP contribution in [0.2, 0.25) is 0 Å². The predicted octanol–water partition coefficient (Wildman–Crippen LogP) is 1.48. The Labute approximate surface area is 102 Å². The van der Waals surface area contributed by atoms with Crippen LogP contribution < -0.4 is 0 Å². The third kappa shape index (κ3) is 1.72. The molecule has 2 aliphatic rings. The zero-order valence-electron chi connectivity index (χ0n) is 9.30. The van der Waals surface area contributed by atoms with Crippen molar-refractivity contribution in [2.45, 2.75) is 41.8 Å². The zero-order valence-corrected chi connectivity index (χ0v) is 10.1. The van der Waals surface area contributed by atoms with Crippen LogP contribution in [-0.4, -0.2) is 24.8 Å². The Balaban J connectivity index is 1.98. The van der Waals surface area contributed by atoms with Crippen LogP contribution in [-0.2, 0) is 16.4 Å². The van der Waals surface area contributed by atoms with Gasteiger partial charge in [0.05, 0.1) is 11.8 Å². The van der Waals surface area contributed by atoms with Crippen LogP contribution in [0.15, 0.2) is 18.5 Å². The van der Waals surface area contributed by atoms with E-state index in [1.165, 1.54) is 12.3 Å². The van der Waals surface area contributed by atoms with E-state index in [1.54, 1.807) is 0 Å². The molecule has 1 aromatic heterocycles. The van der Waals surface area contributed by atoms with Crippen molar-refractivity contribution < 1.29 is 13.7 Å². The highest BCUT2D eigenvalue weighted by Crippen LogP contribution is 2.46. The average Bonchev–Trinajstić information content (AvgIpc) is 2.53. The Hall–Kier alpha value is -0.810. The summed E-state index contributed by atoms with van der Waals surface area (Å²) in [5, 5.41) is 10.7. The summed E-state index contributed by atoms with van der Waals surface area (Å²) in [6.45, 7) is 0. The fraction of sp³-hybridized carbons (Fsp3) is 0.583. The summed E-state index contributed by atoms with van der Waals surface area (Å²) in [7, 11) is -0.844. The average molecular weight is 255 g/mol. The van der Waals surface area contributed by atoms with Gasteiger partial charge in [0.25, 0.3) is 0 Å². The van der Waals surface area contributed by atoms with Crippen molar-refractivity contribution in [2.24, 2.45) is 0 Å². The second-order valence-electron chi connectivity index (χ2n) is 4.95. The van der Waals surface area contributed by atoms with E-state index in [1.807, 2.05) is 0 Å². The summed E-state index contributed by atoms with van der Waals surface area (Å²) in [5.41, 5.74) is -0.853. The first-order valence-corrected chi connectivity index (χ1v) is 7.09. The lowest BCUT2D eigenvalue weighted by Gasteiger charge is -2.36. The molecule has 3 rings (SSSR count). The molecule has 3 nitrogen and oxygen atoms in total. The van der Waals surface area contributed by atoms with Gasteiger partial charge in [0.2, 0.25) is 0 Å². The molecular formula is C12H14FNO2S. The lowest BCUT2D eigenvalue weighted by atomic mass is 9.86. The van der Waals surface area contributed by atoms with Gasteiger partial charge < -0.3 is 5.11 Å². The first-order chi connectivity index (χ1) is 8.10. The number of hydrogen-bond acceptors (Lipinski definition) is 3. The molecule has 2 unspecified atom stereocenters. The van der Waals surface area contributed by atoms with E-state index >= 15 is 0 Å². The van der Waals surface area contributed by atoms with Gasteiger partial charge in [-0.15, -0.1) is 0 Å². The molecule has 0 aromatic carbocycles. The first-order valence-electron chi connectivity index (χ1n) is 5.82. The van der Waals surface area contributed by atoms with Gasteiger partial charge in [-0.05, 0) is 31.7 Å². The predicted molar refractivity (Wildman–Crippen MR) is 62.3 cm³/mol. The van der Waals surface area contributed by atoms with Crippen molar-refractivity contribution in [2.75, 3.05) is 0 Å². The number of pyridine rings is 1. The number of hydrogen-bond donors (Lipinski definition) is 1. The molecule has 92 valence electrons. The van der Waals surface area contributed by atoms with E-state index in [2.05, 4.69) is 4.98 Å². The Bertz CT molecular complexity index is 463. The van der Waals surface area contributed by atoms with Gasteiger partial charge in [-0.25, -0.2) is 4.39 Å². The highest BCUT2D eigenvalue weighted by atomic mass is 32.2. The Kier molecular flexibility index (Phi) is 2.56. The van der Waals surface area contributed by atoms with Crippen LogP contribution in [0.5, 0.6) is 0 Å². The van der Waals surface area contributed by atoms with Gasteiger partial charge >= 0.3 is 0 Å². The molecule has 2 saturated heterocycles. The SMILES string of the molecule is O=S1C2CCC1CC(O)(c1ccncc1F)C2. The van der Waals surface area contributed by atoms with Crippen LogP contribution in [0.25, 0.3) is 0 Å². The summed E-state index contributed by atoms with van der Waals surface area (Å²) in [5.74, 6) is -0.470. The standard InChI is InChI=1S/C12H14FNO2S/c13-11-7-14-4-3-10(11)12(15)5-8-1-2-9(6-12)17(8)16/h3-4,7-9,15H,1-2,5-6H2. The second-order valence-corrected chi connectivity index (χ2v) is 6.94. The van der Waals surface area contributed by atoms with Crippen LogP contribution in [0.3, 0.4) is 0 Å². The highest BCUT2D eigenvalue weighted by molar-refractivity contribution is 7.86. The molecule has 1 N–H and O–H groups in total. The van der Waals surface area contributed by atoms with Gasteiger partial charge in [0, 0.05) is 33.1 Å². The Morgan fingerprint density at radius 3 is 2.65 bits per heavy atom. The lowest BCUT2D eigenvalue weighted by molar-refractivity contribution is 0.0149. The molecule has 3 heterocycles. The molecule has 1 aromatic rings. The highest BCUT2D eigenvalue weighted by Gasteiger charge is 2.49. The van der Waals surface area contributed by atoms with Crippen LogP contribution in [0, 0.1) is 5.82 Å². The van der Waals surface area contributed by atoms with E-state index in [9.17, 15) is 13.7 Å². The fourth-order valence-electron chi connectivity index (χ4n) is 3.05. The maximum absolute atomic E-state index is 13.7. The van der Waals surface area contributed by atoms with Gasteiger partial charge in [-0.3, -0.25) is 9.19 Å². The molecule has 2 fully saturated rings. The minimum Gasteiger partial charge on any atom is -0.385 e. The molecular weight excluding hydrogens is 241 g/mol. The molecule has 17 heavy (non-hydrogen) atoms. The van der Waals surface area contributed by atoms with E-state index in [4.69, 9.17) is 0 Å². The van der Waals surface area contributed by atoms with Crippen LogP contribution >= 0.6 is 0 Å². The molecule has 0 radical (unpaired) electrons. The zero-order chi connectivity index (χ0) is 12.0. The van der Waals surface area contributed by atoms with Gasteiger partial charge in [0.1, 0.15) is 5.82 Å². The number of fused-ring (bicyclic) bond motifs is 2. The second kappa shape index (κ2) is 3.85. The minimum atomic E-state index is -1.16. The normalized spacial score (nSPS) is 40.5. The van der Waals surface area contributed by atoms with Crippen molar-refractivity contribution >= 4 is 10.8 Å². The maximum atomic E-state index is 13.7. The Morgan fingerprint density at radius 2 is 2.06 bits per heavy atom. The van der Waals surface area contributed by atoms with Crippen LogP contribution in [0.4, 0.5) is 4.39 Å². The number of aliphatic hydroxyl groups is 1. The molecule has 0 spiro atoms. The maximum Gasteiger partial charge on any atom is 0.147 e. The topological polar surface area (TPSA) is 50.2 Å². The molecule has 0 aliphatic carbocycles. The summed E-state index contributed by atoms with van der Waals surface area (Å²) in [6.07, 6.45) is 5.18. The summed E-state index contributed by atoms with van der Waals surface area (Å²) < 4.78 is 25.6. The monoisotopic (exact) mass is 255 g/mol. The largest absolute Gasteiger partial charge is 0.385 e. The summed E-state index contributed by atoms with van der Waals surface area (Å²) in [4.78, 5) is 3.69. The molecule has 2 bridgehead atoms. The van der Waals surface area contributed by atoms with Crippen molar-refractivity contribution in [1.82, 2.24) is 4.98 Å². The fourth-order valence-corrected chi connectivity index (χ4v) is 5.21. The van der Waals surface area contributed by atoms with E-state index in [0.29, 0.717) is 18.4 Å². The first kappa shape index (κ1) is 11.3. The number of halogens is 1. The summed E-state index contributed by atoms with van der Waals surface area (Å²) >= 11 is 0. The van der Waals surface area contributed by atoms with Gasteiger partial charge in [-0.2, -0.15) is 0 Å². The smallest absolute Gasteiger partial charge is 0.147 e. The molecule has 2 atom stereocenters. The molecule has 0 amide bonds. The van der Waals surface area contributed by atoms with Crippen molar-refractivity contribution in [3.8, 4) is 0 Å².